The zero-order valence-electron chi connectivity index (χ0n) is 24.2. The maximum atomic E-state index is 14.2. The second-order valence-electron chi connectivity index (χ2n) is 12.2. The first kappa shape index (κ1) is 30.2. The van der Waals surface area contributed by atoms with Gasteiger partial charge in [0, 0.05) is 12.6 Å². The minimum absolute atomic E-state index is 0.0255. The van der Waals surface area contributed by atoms with Gasteiger partial charge >= 0.3 is 0 Å². The highest BCUT2D eigenvalue weighted by Gasteiger charge is 2.70. The molecule has 3 aliphatic carbocycles. The molecule has 42 heavy (non-hydrogen) atoms. The van der Waals surface area contributed by atoms with E-state index in [0.717, 1.165) is 32.2 Å². The predicted octanol–water partition coefficient (Wildman–Crippen LogP) is 0.453. The maximum Gasteiger partial charge on any atom is 0.259 e. The zero-order valence-corrected chi connectivity index (χ0v) is 24.2. The lowest BCUT2D eigenvalue weighted by atomic mass is 9.53. The Labute approximate surface area is 243 Å². The Bertz CT molecular complexity index is 1400. The van der Waals surface area contributed by atoms with Crippen molar-refractivity contribution in [3.05, 3.63) is 46.2 Å². The molecule has 1 heterocycles. The van der Waals surface area contributed by atoms with E-state index in [2.05, 4.69) is 10.2 Å². The number of aromatic hydroxyl groups is 1. The van der Waals surface area contributed by atoms with E-state index in [1.165, 1.54) is 44.1 Å². The average Bonchev–Trinajstić information content (AvgIpc) is 2.94. The number of amides is 1. The number of hydrogen-bond donors (Lipinski definition) is 7. The molecular formula is C30H39N3O9. The van der Waals surface area contributed by atoms with Crippen molar-refractivity contribution in [2.45, 2.75) is 68.9 Å². The Hall–Kier alpha value is -3.29. The molecule has 7 atom stereocenters. The number of carbonyl (C=O) groups is 3. The summed E-state index contributed by atoms with van der Waals surface area (Å²) in [5.74, 6) is -8.94. The van der Waals surface area contributed by atoms with E-state index < -0.39 is 81.1 Å². The molecule has 7 N–H and O–H groups in total. The van der Waals surface area contributed by atoms with Crippen LogP contribution in [-0.4, -0.2) is 109 Å². The lowest BCUT2D eigenvalue weighted by Gasteiger charge is -2.55. The summed E-state index contributed by atoms with van der Waals surface area (Å²) in [6.07, 6.45) is 1.96. The molecule has 4 aliphatic rings. The standard InChI is InChI=1S/C30H39N3O9/c1-5-14-9-6-7-12-33(14)13-31-28(40)19-24(36)22(32(3)4)21-25(37)20-18(26(38)30(21,42)27(19)39)23(35)17-15(29(20,2)41)10-8-11-16(17)34/h8,10-11,14,20-22,25,34-35,37,39,41-42H,5-7,9,12-13H2,1-4H3,(H,31,40)/t14?,20-,21-,22+,25+,29?,30+/m1/s1. The van der Waals surface area contributed by atoms with Crippen LogP contribution in [0.4, 0.5) is 0 Å². The number of ketones is 2. The molecular weight excluding hydrogens is 546 g/mol. The third-order valence-corrected chi connectivity index (χ3v) is 9.68. The van der Waals surface area contributed by atoms with Gasteiger partial charge in [0.2, 0.25) is 5.78 Å². The van der Waals surface area contributed by atoms with Gasteiger partial charge in [-0.25, -0.2) is 0 Å². The fraction of sp³-hybridized carbons (Fsp3) is 0.567. The first-order valence-corrected chi connectivity index (χ1v) is 14.3. The second kappa shape index (κ2) is 10.5. The topological polar surface area (TPSA) is 191 Å². The van der Waals surface area contributed by atoms with Crippen LogP contribution in [-0.2, 0) is 20.0 Å². The third-order valence-electron chi connectivity index (χ3n) is 9.68. The van der Waals surface area contributed by atoms with Crippen molar-refractivity contribution in [2.75, 3.05) is 27.3 Å². The van der Waals surface area contributed by atoms with Gasteiger partial charge in [-0.2, -0.15) is 0 Å². The van der Waals surface area contributed by atoms with E-state index in [0.29, 0.717) is 0 Å². The fourth-order valence-corrected chi connectivity index (χ4v) is 7.57. The molecule has 228 valence electrons. The number of likely N-dealkylation sites (N-methyl/N-ethyl adjacent to an activating group) is 1. The summed E-state index contributed by atoms with van der Waals surface area (Å²) in [6, 6.07) is 2.84. The summed E-state index contributed by atoms with van der Waals surface area (Å²) in [5.41, 5.74) is -6.74. The number of rotatable bonds is 5. The number of likely N-dealkylation sites (tertiary alicyclic amines) is 1. The van der Waals surface area contributed by atoms with E-state index in [4.69, 9.17) is 0 Å². The molecule has 0 aromatic heterocycles. The molecule has 2 unspecified atom stereocenters. The number of fused-ring (bicyclic) bond motifs is 3. The van der Waals surface area contributed by atoms with Gasteiger partial charge in [0.25, 0.3) is 5.91 Å². The summed E-state index contributed by atoms with van der Waals surface area (Å²) >= 11 is 0. The van der Waals surface area contributed by atoms with E-state index in [1.807, 2.05) is 6.92 Å². The summed E-state index contributed by atoms with van der Waals surface area (Å²) in [7, 11) is 2.93. The smallest absolute Gasteiger partial charge is 0.259 e. The quantitative estimate of drug-likeness (QED) is 0.238. The molecule has 1 amide bonds. The second-order valence-corrected chi connectivity index (χ2v) is 12.2. The van der Waals surface area contributed by atoms with Gasteiger partial charge in [-0.3, -0.25) is 24.2 Å². The molecule has 2 fully saturated rings. The van der Waals surface area contributed by atoms with Crippen LogP contribution in [0.15, 0.2) is 35.1 Å². The van der Waals surface area contributed by atoms with Crippen LogP contribution in [0.2, 0.25) is 0 Å². The molecule has 5 rings (SSSR count). The number of benzene rings is 1. The first-order chi connectivity index (χ1) is 19.7. The number of Topliss-reactive ketones (excluding diaryl/α,β-unsaturated/α-hetero) is 2. The van der Waals surface area contributed by atoms with Crippen molar-refractivity contribution < 1.29 is 45.0 Å². The maximum absolute atomic E-state index is 14.2. The van der Waals surface area contributed by atoms with Crippen LogP contribution in [0.1, 0.15) is 50.7 Å². The van der Waals surface area contributed by atoms with Gasteiger partial charge in [0.05, 0.1) is 47.4 Å². The lowest BCUT2D eigenvalue weighted by molar-refractivity contribution is -0.181. The van der Waals surface area contributed by atoms with Crippen LogP contribution in [0, 0.1) is 11.8 Å². The molecule has 0 bridgehead atoms. The number of phenolic OH excluding ortho intramolecular Hbond substituents is 1. The Morgan fingerprint density at radius 3 is 2.48 bits per heavy atom. The van der Waals surface area contributed by atoms with Crippen LogP contribution in [0.5, 0.6) is 5.75 Å². The van der Waals surface area contributed by atoms with Gasteiger partial charge in [-0.05, 0) is 51.9 Å². The lowest BCUT2D eigenvalue weighted by Crippen LogP contribution is -2.72. The summed E-state index contributed by atoms with van der Waals surface area (Å²) in [4.78, 5) is 44.9. The average molecular weight is 586 g/mol. The van der Waals surface area contributed by atoms with Crippen molar-refractivity contribution in [3.8, 4) is 5.75 Å². The van der Waals surface area contributed by atoms with Crippen molar-refractivity contribution in [3.63, 3.8) is 0 Å². The van der Waals surface area contributed by atoms with Crippen LogP contribution in [0.25, 0.3) is 5.76 Å². The highest BCUT2D eigenvalue weighted by molar-refractivity contribution is 6.25. The highest BCUT2D eigenvalue weighted by atomic mass is 16.4. The molecule has 1 saturated heterocycles. The van der Waals surface area contributed by atoms with Crippen LogP contribution < -0.4 is 5.32 Å². The normalized spacial score (nSPS) is 35.2. The largest absolute Gasteiger partial charge is 0.508 e. The Kier molecular flexibility index (Phi) is 7.51. The van der Waals surface area contributed by atoms with E-state index in [-0.39, 0.29) is 23.8 Å². The Morgan fingerprint density at radius 2 is 1.83 bits per heavy atom. The number of nitrogens with zero attached hydrogens (tertiary/aromatic N) is 2. The number of carbonyl (C=O) groups excluding carboxylic acids is 3. The molecule has 1 aromatic carbocycles. The Morgan fingerprint density at radius 1 is 1.14 bits per heavy atom. The predicted molar refractivity (Wildman–Crippen MR) is 150 cm³/mol. The molecule has 0 radical (unpaired) electrons. The van der Waals surface area contributed by atoms with Crippen LogP contribution in [0.3, 0.4) is 0 Å². The van der Waals surface area contributed by atoms with E-state index in [1.54, 1.807) is 0 Å². The molecule has 1 aromatic rings. The molecule has 0 spiro atoms. The molecule has 1 saturated carbocycles. The van der Waals surface area contributed by atoms with E-state index in [9.17, 15) is 45.0 Å². The summed E-state index contributed by atoms with van der Waals surface area (Å²) in [6.45, 7) is 4.15. The number of aliphatic hydroxyl groups is 5. The van der Waals surface area contributed by atoms with Gasteiger partial charge in [-0.1, -0.05) is 25.5 Å². The summed E-state index contributed by atoms with van der Waals surface area (Å²) < 4.78 is 0. The summed E-state index contributed by atoms with van der Waals surface area (Å²) in [5, 5.41) is 71.2. The molecule has 12 nitrogen and oxygen atoms in total. The first-order valence-electron chi connectivity index (χ1n) is 14.3. The van der Waals surface area contributed by atoms with Crippen molar-refractivity contribution >= 4 is 23.2 Å². The Balaban J connectivity index is 1.64. The van der Waals surface area contributed by atoms with Gasteiger partial charge in [0.15, 0.2) is 11.4 Å². The van der Waals surface area contributed by atoms with E-state index >= 15 is 0 Å². The number of aliphatic hydroxyl groups excluding tert-OH is 3. The SMILES string of the molecule is CCC1CCCCN1CNC(=O)C1=C(O)[C@@]2(O)C(=O)C3=C(O)c4c(O)cccc4C(C)(O)[C@H]3[C@H](O)[C@H]2[C@H](N(C)C)C1=O. The monoisotopic (exact) mass is 585 g/mol. The number of nitrogens with one attached hydrogen (secondary N) is 1. The van der Waals surface area contributed by atoms with Crippen molar-refractivity contribution in [1.29, 1.82) is 0 Å². The number of hydrogen-bond acceptors (Lipinski definition) is 11. The molecule has 1 aliphatic heterocycles. The van der Waals surface area contributed by atoms with Crippen molar-refractivity contribution in [1.82, 2.24) is 15.1 Å². The molecule has 12 heteroatoms. The highest BCUT2D eigenvalue weighted by Crippen LogP contribution is 2.57. The van der Waals surface area contributed by atoms with Crippen LogP contribution >= 0.6 is 0 Å². The number of piperidine rings is 1. The third kappa shape index (κ3) is 4.11. The minimum atomic E-state index is -3.01. The van der Waals surface area contributed by atoms with Crippen molar-refractivity contribution in [2.24, 2.45) is 11.8 Å². The van der Waals surface area contributed by atoms with Gasteiger partial charge < -0.3 is 36.0 Å². The zero-order chi connectivity index (χ0) is 30.9. The number of phenols is 1. The van der Waals surface area contributed by atoms with Gasteiger partial charge in [-0.15, -0.1) is 0 Å². The minimum Gasteiger partial charge on any atom is -0.508 e. The fourth-order valence-electron chi connectivity index (χ4n) is 7.57. The van der Waals surface area contributed by atoms with Gasteiger partial charge in [0.1, 0.15) is 22.8 Å².